The molecule has 0 saturated heterocycles. The highest BCUT2D eigenvalue weighted by atomic mass is 14.9. The fourth-order valence-corrected chi connectivity index (χ4v) is 2.20. The molecule has 0 saturated carbocycles. The van der Waals surface area contributed by atoms with E-state index >= 15 is 0 Å². The van der Waals surface area contributed by atoms with Crippen molar-refractivity contribution in [2.45, 2.75) is 54.0 Å². The standard InChI is InChI=1S/C17H29N/c1-13(2)17(6,12-18-14(3)4)11-16-9-7-8-15(5)10-16/h7-10,13-14,18H,11-12H2,1-6H3. The summed E-state index contributed by atoms with van der Waals surface area (Å²) in [7, 11) is 0. The number of benzene rings is 1. The van der Waals surface area contributed by atoms with Crippen molar-refractivity contribution in [2.24, 2.45) is 11.3 Å². The van der Waals surface area contributed by atoms with Crippen LogP contribution < -0.4 is 5.32 Å². The van der Waals surface area contributed by atoms with E-state index in [1.807, 2.05) is 0 Å². The van der Waals surface area contributed by atoms with Crippen molar-refractivity contribution >= 4 is 0 Å². The number of hydrogen-bond donors (Lipinski definition) is 1. The lowest BCUT2D eigenvalue weighted by atomic mass is 9.74. The Morgan fingerprint density at radius 1 is 1.17 bits per heavy atom. The van der Waals surface area contributed by atoms with Gasteiger partial charge in [-0.1, -0.05) is 64.4 Å². The van der Waals surface area contributed by atoms with Crippen LogP contribution in [0.3, 0.4) is 0 Å². The Morgan fingerprint density at radius 3 is 2.33 bits per heavy atom. The second-order valence-electron chi connectivity index (χ2n) is 6.51. The van der Waals surface area contributed by atoms with Gasteiger partial charge >= 0.3 is 0 Å². The first-order valence-corrected chi connectivity index (χ1v) is 7.12. The Morgan fingerprint density at radius 2 is 1.83 bits per heavy atom. The average molecular weight is 247 g/mol. The van der Waals surface area contributed by atoms with Crippen molar-refractivity contribution in [3.05, 3.63) is 35.4 Å². The molecule has 0 fully saturated rings. The third-order valence-electron chi connectivity index (χ3n) is 4.00. The third kappa shape index (κ3) is 4.45. The summed E-state index contributed by atoms with van der Waals surface area (Å²) in [4.78, 5) is 0. The highest BCUT2D eigenvalue weighted by Crippen LogP contribution is 2.31. The molecule has 0 bridgehead atoms. The van der Waals surface area contributed by atoms with Gasteiger partial charge in [0.1, 0.15) is 0 Å². The van der Waals surface area contributed by atoms with Crippen LogP contribution in [-0.4, -0.2) is 12.6 Å². The van der Waals surface area contributed by atoms with Crippen molar-refractivity contribution in [2.75, 3.05) is 6.54 Å². The van der Waals surface area contributed by atoms with Gasteiger partial charge in [0.05, 0.1) is 0 Å². The minimum atomic E-state index is 0.318. The summed E-state index contributed by atoms with van der Waals surface area (Å²) in [5, 5.41) is 3.60. The van der Waals surface area contributed by atoms with Crippen LogP contribution in [0.2, 0.25) is 0 Å². The Kier molecular flexibility index (Phi) is 5.40. The van der Waals surface area contributed by atoms with E-state index in [0.717, 1.165) is 13.0 Å². The van der Waals surface area contributed by atoms with E-state index in [-0.39, 0.29) is 0 Å². The number of hydrogen-bond acceptors (Lipinski definition) is 1. The molecule has 0 radical (unpaired) electrons. The van der Waals surface area contributed by atoms with Gasteiger partial charge in [-0.3, -0.25) is 0 Å². The molecule has 0 spiro atoms. The van der Waals surface area contributed by atoms with Gasteiger partial charge in [0.2, 0.25) is 0 Å². The zero-order valence-corrected chi connectivity index (χ0v) is 12.9. The van der Waals surface area contributed by atoms with Crippen molar-refractivity contribution < 1.29 is 0 Å². The van der Waals surface area contributed by atoms with Gasteiger partial charge in [-0.15, -0.1) is 0 Å². The lowest BCUT2D eigenvalue weighted by molar-refractivity contribution is 0.202. The first kappa shape index (κ1) is 15.2. The number of aryl methyl sites for hydroxylation is 1. The molecule has 1 heteroatoms. The predicted octanol–water partition coefficient (Wildman–Crippen LogP) is 4.20. The summed E-state index contributed by atoms with van der Waals surface area (Å²) in [6, 6.07) is 9.46. The van der Waals surface area contributed by atoms with Crippen LogP contribution in [0.1, 0.15) is 45.7 Å². The Hall–Kier alpha value is -0.820. The van der Waals surface area contributed by atoms with Crippen molar-refractivity contribution in [1.29, 1.82) is 0 Å². The van der Waals surface area contributed by atoms with Gasteiger partial charge in [0.25, 0.3) is 0 Å². The summed E-state index contributed by atoms with van der Waals surface area (Å²) >= 11 is 0. The molecule has 18 heavy (non-hydrogen) atoms. The second kappa shape index (κ2) is 6.38. The van der Waals surface area contributed by atoms with E-state index in [1.165, 1.54) is 11.1 Å². The van der Waals surface area contributed by atoms with Gasteiger partial charge in [-0.2, -0.15) is 0 Å². The smallest absolute Gasteiger partial charge is 0.00132 e. The van der Waals surface area contributed by atoms with E-state index in [9.17, 15) is 0 Å². The molecule has 0 aromatic heterocycles. The number of rotatable bonds is 6. The quantitative estimate of drug-likeness (QED) is 0.794. The molecular weight excluding hydrogens is 218 g/mol. The molecule has 0 aliphatic rings. The van der Waals surface area contributed by atoms with Gasteiger partial charge in [0.15, 0.2) is 0 Å². The molecule has 0 aliphatic heterocycles. The molecule has 1 atom stereocenters. The van der Waals surface area contributed by atoms with E-state index in [4.69, 9.17) is 0 Å². The fourth-order valence-electron chi connectivity index (χ4n) is 2.20. The van der Waals surface area contributed by atoms with E-state index in [1.54, 1.807) is 0 Å². The van der Waals surface area contributed by atoms with E-state index < -0.39 is 0 Å². The topological polar surface area (TPSA) is 12.0 Å². The molecule has 1 N–H and O–H groups in total. The highest BCUT2D eigenvalue weighted by Gasteiger charge is 2.28. The molecule has 102 valence electrons. The number of nitrogens with one attached hydrogen (secondary N) is 1. The van der Waals surface area contributed by atoms with Gasteiger partial charge < -0.3 is 5.32 Å². The monoisotopic (exact) mass is 247 g/mol. The molecule has 1 rings (SSSR count). The van der Waals surface area contributed by atoms with Crippen LogP contribution in [0.5, 0.6) is 0 Å². The summed E-state index contributed by atoms with van der Waals surface area (Å²) in [5.74, 6) is 0.671. The summed E-state index contributed by atoms with van der Waals surface area (Å²) in [5.41, 5.74) is 3.13. The molecule has 0 amide bonds. The van der Waals surface area contributed by atoms with E-state index in [0.29, 0.717) is 17.4 Å². The largest absolute Gasteiger partial charge is 0.314 e. The molecule has 0 aliphatic carbocycles. The van der Waals surface area contributed by atoms with Crippen LogP contribution in [-0.2, 0) is 6.42 Å². The van der Waals surface area contributed by atoms with Crippen molar-refractivity contribution in [3.63, 3.8) is 0 Å². The van der Waals surface area contributed by atoms with Gasteiger partial charge in [-0.05, 0) is 30.2 Å². The molecule has 0 heterocycles. The average Bonchev–Trinajstić information content (AvgIpc) is 2.26. The van der Waals surface area contributed by atoms with Crippen LogP contribution in [0.25, 0.3) is 0 Å². The van der Waals surface area contributed by atoms with Gasteiger partial charge in [-0.25, -0.2) is 0 Å². The predicted molar refractivity (Wildman–Crippen MR) is 81.0 cm³/mol. The normalized spacial score (nSPS) is 15.1. The van der Waals surface area contributed by atoms with Gasteiger partial charge in [0, 0.05) is 12.6 Å². The molecule has 1 aromatic carbocycles. The molecule has 1 nitrogen and oxygen atoms in total. The van der Waals surface area contributed by atoms with E-state index in [2.05, 4.69) is 71.1 Å². The summed E-state index contributed by atoms with van der Waals surface area (Å²) < 4.78 is 0. The van der Waals surface area contributed by atoms with Crippen LogP contribution >= 0.6 is 0 Å². The SMILES string of the molecule is Cc1cccc(CC(C)(CNC(C)C)C(C)C)c1. The maximum atomic E-state index is 3.60. The first-order valence-electron chi connectivity index (χ1n) is 7.12. The lowest BCUT2D eigenvalue weighted by Crippen LogP contribution is -2.40. The Labute approximate surface area is 113 Å². The maximum absolute atomic E-state index is 3.60. The highest BCUT2D eigenvalue weighted by molar-refractivity contribution is 5.23. The lowest BCUT2D eigenvalue weighted by Gasteiger charge is -2.35. The van der Waals surface area contributed by atoms with Crippen LogP contribution in [0.15, 0.2) is 24.3 Å². The summed E-state index contributed by atoms with van der Waals surface area (Å²) in [6.07, 6.45) is 1.14. The van der Waals surface area contributed by atoms with Crippen LogP contribution in [0, 0.1) is 18.3 Å². The second-order valence-corrected chi connectivity index (χ2v) is 6.51. The fraction of sp³-hybridized carbons (Fsp3) is 0.647. The van der Waals surface area contributed by atoms with Crippen molar-refractivity contribution in [1.82, 2.24) is 5.32 Å². The third-order valence-corrected chi connectivity index (χ3v) is 4.00. The van der Waals surface area contributed by atoms with Crippen molar-refractivity contribution in [3.8, 4) is 0 Å². The first-order chi connectivity index (χ1) is 8.33. The summed E-state index contributed by atoms with van der Waals surface area (Å²) in [6.45, 7) is 14.7. The molecule has 1 aromatic rings. The maximum Gasteiger partial charge on any atom is 0.00132 e. The molecular formula is C17H29N. The zero-order chi connectivity index (χ0) is 13.8. The Bertz CT molecular complexity index is 368. The van der Waals surface area contributed by atoms with Crippen LogP contribution in [0.4, 0.5) is 0 Å². The minimum Gasteiger partial charge on any atom is -0.314 e. The Balaban J connectivity index is 2.79. The molecule has 1 unspecified atom stereocenters. The minimum absolute atomic E-state index is 0.318. The zero-order valence-electron chi connectivity index (χ0n) is 12.9.